The van der Waals surface area contributed by atoms with Gasteiger partial charge in [0.25, 0.3) is 5.91 Å². The highest BCUT2D eigenvalue weighted by molar-refractivity contribution is 6.36. The highest BCUT2D eigenvalue weighted by Crippen LogP contribution is 2.29. The number of hydrogen-bond acceptors (Lipinski definition) is 4. The predicted molar refractivity (Wildman–Crippen MR) is 119 cm³/mol. The normalized spacial score (nSPS) is 11.0. The van der Waals surface area contributed by atoms with Crippen molar-refractivity contribution in [3.63, 3.8) is 0 Å². The first kappa shape index (κ1) is 20.9. The van der Waals surface area contributed by atoms with Crippen molar-refractivity contribution >= 4 is 41.0 Å². The molecular formula is C21H21Cl2N5O. The molecule has 0 fully saturated rings. The Morgan fingerprint density at radius 1 is 1.14 bits per heavy atom. The minimum atomic E-state index is -0.398. The van der Waals surface area contributed by atoms with Crippen LogP contribution in [0.2, 0.25) is 10.0 Å². The molecule has 0 radical (unpaired) electrons. The molecule has 29 heavy (non-hydrogen) atoms. The van der Waals surface area contributed by atoms with Gasteiger partial charge in [0.05, 0.1) is 16.9 Å². The number of aromatic nitrogens is 2. The highest BCUT2D eigenvalue weighted by atomic mass is 35.5. The third kappa shape index (κ3) is 5.16. The zero-order chi connectivity index (χ0) is 20.8. The van der Waals surface area contributed by atoms with E-state index in [1.165, 1.54) is 0 Å². The van der Waals surface area contributed by atoms with Crippen LogP contribution in [0, 0.1) is 0 Å². The summed E-state index contributed by atoms with van der Waals surface area (Å²) in [7, 11) is 0. The smallest absolute Gasteiger partial charge is 0.289 e. The van der Waals surface area contributed by atoms with E-state index in [1.807, 2.05) is 24.3 Å². The van der Waals surface area contributed by atoms with Crippen LogP contribution in [0.4, 0.5) is 5.69 Å². The minimum absolute atomic E-state index is 0.278. The molecule has 0 spiro atoms. The van der Waals surface area contributed by atoms with E-state index in [0.717, 1.165) is 24.3 Å². The predicted octanol–water partition coefficient (Wildman–Crippen LogP) is 4.99. The standard InChI is InChI=1S/C21H21Cl2N5O/c1-3-28(4-2)16-8-5-14(6-9-16)13-24-27-21(29)20-12-19(25-26-20)17-10-7-15(22)11-18(17)23/h5-13H,3-4H2,1-2H3,(H,25,26)(H,27,29)/b24-13-. The molecule has 3 rings (SSSR count). The van der Waals surface area contributed by atoms with Crippen molar-refractivity contribution in [3.05, 3.63) is 69.8 Å². The van der Waals surface area contributed by atoms with E-state index < -0.39 is 5.91 Å². The summed E-state index contributed by atoms with van der Waals surface area (Å²) in [5.41, 5.74) is 6.04. The summed E-state index contributed by atoms with van der Waals surface area (Å²) in [4.78, 5) is 14.5. The van der Waals surface area contributed by atoms with E-state index in [-0.39, 0.29) is 5.69 Å². The molecule has 0 atom stereocenters. The topological polar surface area (TPSA) is 73.4 Å². The molecule has 0 saturated carbocycles. The summed E-state index contributed by atoms with van der Waals surface area (Å²) < 4.78 is 0. The number of hydrazone groups is 1. The van der Waals surface area contributed by atoms with E-state index in [0.29, 0.717) is 21.3 Å². The first-order valence-corrected chi connectivity index (χ1v) is 9.96. The molecule has 8 heteroatoms. The molecule has 2 aromatic carbocycles. The van der Waals surface area contributed by atoms with Gasteiger partial charge in [-0.2, -0.15) is 10.2 Å². The average molecular weight is 430 g/mol. The van der Waals surface area contributed by atoms with Gasteiger partial charge in [-0.05, 0) is 55.8 Å². The Bertz CT molecular complexity index is 1010. The SMILES string of the molecule is CCN(CC)c1ccc(/C=N\NC(=O)c2cc(-c3ccc(Cl)cc3Cl)n[nH]2)cc1. The maximum atomic E-state index is 12.3. The van der Waals surface area contributed by atoms with Crippen molar-refractivity contribution in [1.29, 1.82) is 0 Å². The van der Waals surface area contributed by atoms with Gasteiger partial charge >= 0.3 is 0 Å². The fourth-order valence-corrected chi connectivity index (χ4v) is 3.36. The summed E-state index contributed by atoms with van der Waals surface area (Å²) in [6.45, 7) is 6.15. The molecule has 0 aliphatic heterocycles. The molecule has 0 aliphatic carbocycles. The molecule has 6 nitrogen and oxygen atoms in total. The van der Waals surface area contributed by atoms with Crippen LogP contribution in [0.15, 0.2) is 53.6 Å². The number of hydrogen-bond donors (Lipinski definition) is 2. The Hall–Kier alpha value is -2.83. The maximum Gasteiger partial charge on any atom is 0.289 e. The van der Waals surface area contributed by atoms with Crippen molar-refractivity contribution < 1.29 is 4.79 Å². The van der Waals surface area contributed by atoms with E-state index in [2.05, 4.69) is 39.5 Å². The lowest BCUT2D eigenvalue weighted by Gasteiger charge is -2.20. The van der Waals surface area contributed by atoms with Crippen LogP contribution in [0.25, 0.3) is 11.3 Å². The molecule has 1 aromatic heterocycles. The number of benzene rings is 2. The summed E-state index contributed by atoms with van der Waals surface area (Å²) in [5.74, 6) is -0.398. The first-order chi connectivity index (χ1) is 14.0. The van der Waals surface area contributed by atoms with Gasteiger partial charge < -0.3 is 4.90 Å². The Labute approximate surface area is 179 Å². The lowest BCUT2D eigenvalue weighted by atomic mass is 10.1. The first-order valence-electron chi connectivity index (χ1n) is 9.21. The molecule has 1 heterocycles. The third-order valence-corrected chi connectivity index (χ3v) is 4.98. The van der Waals surface area contributed by atoms with Gasteiger partial charge in [0, 0.05) is 29.4 Å². The monoisotopic (exact) mass is 429 g/mol. The van der Waals surface area contributed by atoms with Crippen molar-refractivity contribution in [2.24, 2.45) is 5.10 Å². The molecule has 150 valence electrons. The number of anilines is 1. The molecule has 2 N–H and O–H groups in total. The minimum Gasteiger partial charge on any atom is -0.372 e. The number of H-pyrrole nitrogens is 1. The van der Waals surface area contributed by atoms with Crippen LogP contribution in [0.5, 0.6) is 0 Å². The van der Waals surface area contributed by atoms with E-state index >= 15 is 0 Å². The number of aromatic amines is 1. The van der Waals surface area contributed by atoms with Crippen LogP contribution in [0.3, 0.4) is 0 Å². The lowest BCUT2D eigenvalue weighted by Crippen LogP contribution is -2.21. The molecule has 3 aromatic rings. The van der Waals surface area contributed by atoms with Gasteiger partial charge in [-0.25, -0.2) is 5.43 Å². The summed E-state index contributed by atoms with van der Waals surface area (Å²) in [6.07, 6.45) is 1.59. The van der Waals surface area contributed by atoms with Crippen LogP contribution >= 0.6 is 23.2 Å². The van der Waals surface area contributed by atoms with Crippen LogP contribution in [-0.4, -0.2) is 35.4 Å². The van der Waals surface area contributed by atoms with Gasteiger partial charge in [-0.1, -0.05) is 35.3 Å². The number of nitrogens with zero attached hydrogens (tertiary/aromatic N) is 3. The Morgan fingerprint density at radius 2 is 1.86 bits per heavy atom. The number of halogens is 2. The third-order valence-electron chi connectivity index (χ3n) is 4.43. The Kier molecular flexibility index (Phi) is 6.90. The van der Waals surface area contributed by atoms with Gasteiger partial charge in [0.15, 0.2) is 0 Å². The lowest BCUT2D eigenvalue weighted by molar-refractivity contribution is 0.0950. The largest absolute Gasteiger partial charge is 0.372 e. The number of nitrogens with one attached hydrogen (secondary N) is 2. The molecule has 0 unspecified atom stereocenters. The second kappa shape index (κ2) is 9.58. The fourth-order valence-electron chi connectivity index (χ4n) is 2.86. The average Bonchev–Trinajstić information content (AvgIpc) is 3.20. The Morgan fingerprint density at radius 3 is 2.52 bits per heavy atom. The van der Waals surface area contributed by atoms with Crippen molar-refractivity contribution in [1.82, 2.24) is 15.6 Å². The fraction of sp³-hybridized carbons (Fsp3) is 0.190. The molecule has 0 bridgehead atoms. The van der Waals surface area contributed by atoms with Crippen LogP contribution < -0.4 is 10.3 Å². The molecular weight excluding hydrogens is 409 g/mol. The van der Waals surface area contributed by atoms with E-state index in [1.54, 1.807) is 30.5 Å². The summed E-state index contributed by atoms with van der Waals surface area (Å²) >= 11 is 12.1. The van der Waals surface area contributed by atoms with Crippen molar-refractivity contribution in [2.45, 2.75) is 13.8 Å². The van der Waals surface area contributed by atoms with Gasteiger partial charge in [0.2, 0.25) is 0 Å². The van der Waals surface area contributed by atoms with Gasteiger partial charge in [-0.15, -0.1) is 0 Å². The summed E-state index contributed by atoms with van der Waals surface area (Å²) in [5, 5.41) is 11.8. The van der Waals surface area contributed by atoms with Crippen LogP contribution in [0.1, 0.15) is 29.9 Å². The zero-order valence-corrected chi connectivity index (χ0v) is 17.6. The van der Waals surface area contributed by atoms with E-state index in [4.69, 9.17) is 23.2 Å². The molecule has 0 saturated heterocycles. The summed E-state index contributed by atoms with van der Waals surface area (Å²) in [6, 6.07) is 14.7. The number of carbonyl (C=O) groups is 1. The molecule has 0 aliphatic rings. The van der Waals surface area contributed by atoms with E-state index in [9.17, 15) is 4.79 Å². The van der Waals surface area contributed by atoms with Gasteiger partial charge in [-0.3, -0.25) is 9.89 Å². The highest BCUT2D eigenvalue weighted by Gasteiger charge is 2.12. The maximum absolute atomic E-state index is 12.3. The second-order valence-corrected chi connectivity index (χ2v) is 7.10. The quantitative estimate of drug-likeness (QED) is 0.410. The number of rotatable bonds is 7. The second-order valence-electron chi connectivity index (χ2n) is 6.25. The van der Waals surface area contributed by atoms with Crippen molar-refractivity contribution in [3.8, 4) is 11.3 Å². The van der Waals surface area contributed by atoms with Gasteiger partial charge in [0.1, 0.15) is 5.69 Å². The number of amides is 1. The zero-order valence-electron chi connectivity index (χ0n) is 16.1. The van der Waals surface area contributed by atoms with Crippen LogP contribution in [-0.2, 0) is 0 Å². The number of carbonyl (C=O) groups excluding carboxylic acids is 1. The van der Waals surface area contributed by atoms with Crippen molar-refractivity contribution in [2.75, 3.05) is 18.0 Å². The molecule has 1 amide bonds. The Balaban J connectivity index is 1.63.